The number of amides is 2. The first kappa shape index (κ1) is 22.1. The van der Waals surface area contributed by atoms with Gasteiger partial charge in [0, 0.05) is 16.2 Å². The number of amidine groups is 1. The van der Waals surface area contributed by atoms with Crippen LogP contribution in [0.4, 0.5) is 5.69 Å². The van der Waals surface area contributed by atoms with E-state index in [0.717, 1.165) is 10.4 Å². The highest BCUT2D eigenvalue weighted by atomic mass is 35.5. The van der Waals surface area contributed by atoms with Gasteiger partial charge in [0.2, 0.25) is 5.91 Å². The predicted octanol–water partition coefficient (Wildman–Crippen LogP) is 5.19. The number of aliphatic imine (C=N–C) groups is 1. The van der Waals surface area contributed by atoms with Crippen LogP contribution in [0.25, 0.3) is 6.08 Å². The number of thioether (sulfide) groups is 1. The van der Waals surface area contributed by atoms with E-state index in [4.69, 9.17) is 22.1 Å². The van der Waals surface area contributed by atoms with Crippen molar-refractivity contribution in [3.63, 3.8) is 0 Å². The largest absolute Gasteiger partial charge is 0.495 e. The lowest BCUT2D eigenvalue weighted by atomic mass is 10.1. The topological polar surface area (TPSA) is 85.0 Å². The second kappa shape index (κ2) is 9.60. The van der Waals surface area contributed by atoms with E-state index in [1.807, 2.05) is 29.6 Å². The summed E-state index contributed by atoms with van der Waals surface area (Å²) in [6.45, 7) is 0. The second-order valence-electron chi connectivity index (χ2n) is 6.75. The first-order valence-corrected chi connectivity index (χ1v) is 11.7. The molecule has 0 saturated heterocycles. The molecule has 9 heteroatoms. The Morgan fingerprint density at radius 1 is 1.25 bits per heavy atom. The number of methoxy groups -OCH3 is 1. The molecule has 1 aromatic heterocycles. The minimum atomic E-state index is -0.471. The van der Waals surface area contributed by atoms with Gasteiger partial charge in [-0.2, -0.15) is 0 Å². The van der Waals surface area contributed by atoms with Crippen LogP contribution in [-0.2, 0) is 10.5 Å². The Balaban J connectivity index is 1.64. The van der Waals surface area contributed by atoms with E-state index in [0.29, 0.717) is 38.6 Å². The average Bonchev–Trinajstić information content (AvgIpc) is 3.41. The Kier molecular flexibility index (Phi) is 6.64. The Hall–Kier alpha value is -3.07. The van der Waals surface area contributed by atoms with Gasteiger partial charge in [-0.1, -0.05) is 41.6 Å². The van der Waals surface area contributed by atoms with Crippen LogP contribution in [0.2, 0.25) is 5.02 Å². The maximum absolute atomic E-state index is 13.2. The number of carbonyl (C=O) groups excluding carboxylic acids is 2. The number of anilines is 1. The van der Waals surface area contributed by atoms with Crippen LogP contribution in [0.3, 0.4) is 0 Å². The number of nitrogens with two attached hydrogens (primary N) is 1. The molecule has 6 nitrogen and oxygen atoms in total. The first-order chi connectivity index (χ1) is 15.5. The lowest BCUT2D eigenvalue weighted by molar-refractivity contribution is -0.113. The van der Waals surface area contributed by atoms with Crippen molar-refractivity contribution in [2.45, 2.75) is 5.75 Å². The number of halogens is 1. The van der Waals surface area contributed by atoms with Gasteiger partial charge < -0.3 is 10.5 Å². The number of hydrogen-bond acceptors (Lipinski definition) is 6. The molecule has 0 atom stereocenters. The Labute approximate surface area is 198 Å². The quantitative estimate of drug-likeness (QED) is 0.489. The van der Waals surface area contributed by atoms with Gasteiger partial charge in [0.1, 0.15) is 11.4 Å². The lowest BCUT2D eigenvalue weighted by Gasteiger charge is -2.18. The third kappa shape index (κ3) is 4.72. The van der Waals surface area contributed by atoms with Gasteiger partial charge in [0.25, 0.3) is 5.91 Å². The molecule has 1 aliphatic heterocycles. The summed E-state index contributed by atoms with van der Waals surface area (Å²) in [4.78, 5) is 31.6. The fourth-order valence-electron chi connectivity index (χ4n) is 3.04. The van der Waals surface area contributed by atoms with Gasteiger partial charge in [0.05, 0.1) is 17.8 Å². The van der Waals surface area contributed by atoms with E-state index in [-0.39, 0.29) is 5.91 Å². The molecule has 2 N–H and O–H groups in total. The molecule has 32 heavy (non-hydrogen) atoms. The van der Waals surface area contributed by atoms with Crippen molar-refractivity contribution in [1.82, 2.24) is 0 Å². The van der Waals surface area contributed by atoms with E-state index in [9.17, 15) is 9.59 Å². The number of nitrogens with zero attached hydrogens (tertiary/aromatic N) is 2. The molecule has 0 aliphatic carbocycles. The number of thiophene rings is 1. The molecule has 0 radical (unpaired) electrons. The molecule has 0 spiro atoms. The zero-order valence-corrected chi connectivity index (χ0v) is 19.3. The van der Waals surface area contributed by atoms with Crippen molar-refractivity contribution in [3.05, 3.63) is 86.7 Å². The van der Waals surface area contributed by atoms with Crippen molar-refractivity contribution < 1.29 is 14.3 Å². The van der Waals surface area contributed by atoms with Crippen LogP contribution in [0.5, 0.6) is 5.75 Å². The Bertz CT molecular complexity index is 1220. The van der Waals surface area contributed by atoms with Crippen LogP contribution in [0.1, 0.15) is 20.8 Å². The molecule has 0 saturated carbocycles. The van der Waals surface area contributed by atoms with Gasteiger partial charge in [0.15, 0.2) is 5.17 Å². The molecule has 3 aromatic rings. The minimum Gasteiger partial charge on any atom is -0.495 e. The molecule has 162 valence electrons. The SMILES string of the molecule is COc1ccc(N2C(=O)/C(=C\c3cccs3)N=C2SCc2ccc(C(N)=O)cc2)cc1Cl. The summed E-state index contributed by atoms with van der Waals surface area (Å²) in [7, 11) is 1.54. The third-order valence-electron chi connectivity index (χ3n) is 4.65. The highest BCUT2D eigenvalue weighted by molar-refractivity contribution is 8.13. The highest BCUT2D eigenvalue weighted by Crippen LogP contribution is 2.35. The van der Waals surface area contributed by atoms with Gasteiger partial charge in [-0.15, -0.1) is 11.3 Å². The molecule has 2 amide bonds. The Morgan fingerprint density at radius 2 is 2.03 bits per heavy atom. The summed E-state index contributed by atoms with van der Waals surface area (Å²) < 4.78 is 5.23. The predicted molar refractivity (Wildman–Crippen MR) is 131 cm³/mol. The molecule has 0 bridgehead atoms. The van der Waals surface area contributed by atoms with Crippen molar-refractivity contribution in [1.29, 1.82) is 0 Å². The Morgan fingerprint density at radius 3 is 2.66 bits per heavy atom. The fourth-order valence-corrected chi connectivity index (χ4v) is 4.91. The molecule has 2 aromatic carbocycles. The van der Waals surface area contributed by atoms with Gasteiger partial charge in [-0.3, -0.25) is 14.5 Å². The molecular weight excluding hydrogens is 466 g/mol. The van der Waals surface area contributed by atoms with Crippen molar-refractivity contribution in [2.24, 2.45) is 10.7 Å². The third-order valence-corrected chi connectivity index (χ3v) is 6.78. The monoisotopic (exact) mass is 483 g/mol. The number of primary amides is 1. The zero-order chi connectivity index (χ0) is 22.7. The lowest BCUT2D eigenvalue weighted by Crippen LogP contribution is -2.30. The highest BCUT2D eigenvalue weighted by Gasteiger charge is 2.32. The number of benzene rings is 2. The number of carbonyl (C=O) groups is 2. The molecular formula is C23H18ClN3O3S2. The smallest absolute Gasteiger partial charge is 0.283 e. The molecule has 0 fully saturated rings. The summed E-state index contributed by atoms with van der Waals surface area (Å²) in [5, 5.41) is 2.89. The van der Waals surface area contributed by atoms with Crippen LogP contribution in [-0.4, -0.2) is 24.1 Å². The van der Waals surface area contributed by atoms with E-state index in [1.54, 1.807) is 41.3 Å². The number of hydrogen-bond donors (Lipinski definition) is 1. The standard InChI is InChI=1S/C23H18ClN3O3S2/c1-30-20-9-8-16(11-18(20)24)27-22(29)19(12-17-3-2-10-31-17)26-23(27)32-13-14-4-6-15(7-5-14)21(25)28/h2-12H,13H2,1H3,(H2,25,28)/b19-12+. The van der Waals surface area contributed by atoms with E-state index in [2.05, 4.69) is 4.99 Å². The normalized spacial score (nSPS) is 14.7. The van der Waals surface area contributed by atoms with Crippen molar-refractivity contribution in [2.75, 3.05) is 12.0 Å². The van der Waals surface area contributed by atoms with Gasteiger partial charge in [-0.25, -0.2) is 4.99 Å². The fraction of sp³-hybridized carbons (Fsp3) is 0.0870. The molecule has 2 heterocycles. The molecule has 1 aliphatic rings. The van der Waals surface area contributed by atoms with Crippen LogP contribution in [0, 0.1) is 0 Å². The van der Waals surface area contributed by atoms with E-state index in [1.165, 1.54) is 30.2 Å². The zero-order valence-electron chi connectivity index (χ0n) is 16.9. The summed E-state index contributed by atoms with van der Waals surface area (Å²) in [5.74, 6) is 0.377. The minimum absolute atomic E-state index is 0.230. The van der Waals surface area contributed by atoms with Crippen LogP contribution < -0.4 is 15.4 Å². The van der Waals surface area contributed by atoms with Crippen molar-refractivity contribution >= 4 is 63.4 Å². The number of ether oxygens (including phenoxy) is 1. The maximum atomic E-state index is 13.2. The van der Waals surface area contributed by atoms with Crippen LogP contribution in [0.15, 0.2) is 70.7 Å². The van der Waals surface area contributed by atoms with Gasteiger partial charge >= 0.3 is 0 Å². The van der Waals surface area contributed by atoms with Gasteiger partial charge in [-0.05, 0) is 53.4 Å². The first-order valence-electron chi connectivity index (χ1n) is 9.49. The summed E-state index contributed by atoms with van der Waals surface area (Å²) in [6, 6.07) is 16.1. The van der Waals surface area contributed by atoms with E-state index < -0.39 is 5.91 Å². The van der Waals surface area contributed by atoms with Crippen LogP contribution >= 0.6 is 34.7 Å². The van der Waals surface area contributed by atoms with E-state index >= 15 is 0 Å². The second-order valence-corrected chi connectivity index (χ2v) is 9.08. The molecule has 0 unspecified atom stereocenters. The maximum Gasteiger partial charge on any atom is 0.283 e. The summed E-state index contributed by atoms with van der Waals surface area (Å²) in [6.07, 6.45) is 1.78. The number of rotatable bonds is 6. The molecule has 4 rings (SSSR count). The average molecular weight is 484 g/mol. The summed E-state index contributed by atoms with van der Waals surface area (Å²) in [5.41, 5.74) is 7.68. The summed E-state index contributed by atoms with van der Waals surface area (Å²) >= 11 is 9.26. The van der Waals surface area contributed by atoms with Crippen molar-refractivity contribution in [3.8, 4) is 5.75 Å².